The fraction of sp³-hybridized carbons (Fsp3) is 0.308. The summed E-state index contributed by atoms with van der Waals surface area (Å²) < 4.78 is 6.06. The molecule has 0 spiro atoms. The Balaban J connectivity index is 0.00000256. The third kappa shape index (κ3) is 3.37. The van der Waals surface area contributed by atoms with Crippen molar-refractivity contribution >= 4 is 34.0 Å². The molecule has 3 aromatic rings. The Bertz CT molecular complexity index is 1070. The molecule has 1 atom stereocenters. The second-order valence-corrected chi connectivity index (χ2v) is 8.31. The van der Waals surface area contributed by atoms with Crippen molar-refractivity contribution in [3.8, 4) is 5.75 Å². The van der Waals surface area contributed by atoms with Gasteiger partial charge in [0.2, 0.25) is 0 Å². The third-order valence-electron chi connectivity index (χ3n) is 6.12. The van der Waals surface area contributed by atoms with Crippen LogP contribution in [-0.4, -0.2) is 28.3 Å². The highest BCUT2D eigenvalue weighted by molar-refractivity contribution is 8.93. The van der Waals surface area contributed by atoms with Gasteiger partial charge in [-0.1, -0.05) is 35.9 Å². The first kappa shape index (κ1) is 22.2. The van der Waals surface area contributed by atoms with Gasteiger partial charge in [0, 0.05) is 44.0 Å². The molecule has 1 heterocycles. The lowest BCUT2D eigenvalue weighted by atomic mass is 9.76. The average molecular weight is 467 g/mol. The molecule has 158 valence electrons. The van der Waals surface area contributed by atoms with Crippen molar-refractivity contribution in [2.75, 3.05) is 38.1 Å². The molecule has 0 bridgehead atoms. The smallest absolute Gasteiger partial charge is 0.148 e. The van der Waals surface area contributed by atoms with Crippen molar-refractivity contribution in [1.29, 1.82) is 0 Å². The number of nitrogens with zero attached hydrogens (tertiary/aromatic N) is 2. The standard InChI is InChI=1S/C26H30N2O.BrH/c1-16-14-17(2)23(18(3)15-16)24-19-10-8-9-11-20(19)28(6)21-12-13-22(27(4)5)26(29-7)25(21)24;/h8-15,24H,1-7H3;1H. The SMILES string of the molecule is Br.COc1c(N(C)C)ccc2c1C(c1c(C)cc(C)cc1C)c1ccccc1N2C. The molecule has 0 aromatic heterocycles. The van der Waals surface area contributed by atoms with E-state index in [0.29, 0.717) is 0 Å². The number of aryl methyl sites for hydroxylation is 3. The number of benzene rings is 3. The summed E-state index contributed by atoms with van der Waals surface area (Å²) in [5.74, 6) is 1.09. The first-order valence-corrected chi connectivity index (χ1v) is 10.1. The van der Waals surface area contributed by atoms with Crippen LogP contribution in [-0.2, 0) is 0 Å². The maximum atomic E-state index is 6.06. The Labute approximate surface area is 191 Å². The number of hydrogen-bond acceptors (Lipinski definition) is 3. The highest BCUT2D eigenvalue weighted by Gasteiger charge is 2.35. The van der Waals surface area contributed by atoms with Gasteiger partial charge in [-0.25, -0.2) is 0 Å². The lowest BCUT2D eigenvalue weighted by molar-refractivity contribution is 0.409. The van der Waals surface area contributed by atoms with Crippen LogP contribution >= 0.6 is 17.0 Å². The maximum Gasteiger partial charge on any atom is 0.148 e. The predicted octanol–water partition coefficient (Wildman–Crippen LogP) is 6.53. The third-order valence-corrected chi connectivity index (χ3v) is 6.12. The van der Waals surface area contributed by atoms with E-state index in [-0.39, 0.29) is 22.9 Å². The molecule has 30 heavy (non-hydrogen) atoms. The van der Waals surface area contributed by atoms with Gasteiger partial charge in [-0.05, 0) is 61.2 Å². The minimum atomic E-state index is 0. The van der Waals surface area contributed by atoms with Crippen molar-refractivity contribution in [2.24, 2.45) is 0 Å². The van der Waals surface area contributed by atoms with Crippen molar-refractivity contribution in [2.45, 2.75) is 26.7 Å². The quantitative estimate of drug-likeness (QED) is 0.436. The molecule has 1 unspecified atom stereocenters. The maximum absolute atomic E-state index is 6.06. The number of para-hydroxylation sites is 1. The van der Waals surface area contributed by atoms with E-state index in [1.165, 1.54) is 44.8 Å². The molecule has 0 aliphatic carbocycles. The average Bonchev–Trinajstić information content (AvgIpc) is 2.68. The summed E-state index contributed by atoms with van der Waals surface area (Å²) in [5, 5.41) is 0. The summed E-state index contributed by atoms with van der Waals surface area (Å²) in [6.07, 6.45) is 0. The zero-order valence-electron chi connectivity index (χ0n) is 18.9. The van der Waals surface area contributed by atoms with E-state index in [2.05, 4.69) is 100 Å². The van der Waals surface area contributed by atoms with E-state index in [0.717, 1.165) is 11.4 Å². The minimum Gasteiger partial charge on any atom is -0.494 e. The van der Waals surface area contributed by atoms with Crippen molar-refractivity contribution in [1.82, 2.24) is 0 Å². The van der Waals surface area contributed by atoms with Crippen LogP contribution in [0.15, 0.2) is 48.5 Å². The van der Waals surface area contributed by atoms with E-state index >= 15 is 0 Å². The molecule has 3 nitrogen and oxygen atoms in total. The van der Waals surface area contributed by atoms with Crippen LogP contribution in [0, 0.1) is 20.8 Å². The van der Waals surface area contributed by atoms with Gasteiger partial charge in [-0.2, -0.15) is 0 Å². The fourth-order valence-electron chi connectivity index (χ4n) is 4.98. The molecule has 4 heteroatoms. The normalized spacial score (nSPS) is 14.5. The number of halogens is 1. The Morgan fingerprint density at radius 2 is 1.50 bits per heavy atom. The highest BCUT2D eigenvalue weighted by atomic mass is 79.9. The lowest BCUT2D eigenvalue weighted by Gasteiger charge is -2.38. The summed E-state index contributed by atoms with van der Waals surface area (Å²) >= 11 is 0. The van der Waals surface area contributed by atoms with Crippen LogP contribution in [0.5, 0.6) is 5.75 Å². The Kier molecular flexibility index (Phi) is 6.19. The van der Waals surface area contributed by atoms with Crippen LogP contribution in [0.4, 0.5) is 17.1 Å². The van der Waals surface area contributed by atoms with Gasteiger partial charge in [-0.3, -0.25) is 0 Å². The molecule has 1 aliphatic heterocycles. The van der Waals surface area contributed by atoms with E-state index in [1.807, 2.05) is 0 Å². The van der Waals surface area contributed by atoms with Gasteiger partial charge in [0.15, 0.2) is 0 Å². The minimum absolute atomic E-state index is 0. The number of hydrogen-bond donors (Lipinski definition) is 0. The van der Waals surface area contributed by atoms with E-state index in [9.17, 15) is 0 Å². The van der Waals surface area contributed by atoms with Crippen LogP contribution in [0.1, 0.15) is 39.3 Å². The van der Waals surface area contributed by atoms with Crippen molar-refractivity contribution < 1.29 is 4.74 Å². The number of anilines is 3. The molecule has 4 rings (SSSR count). The van der Waals surface area contributed by atoms with E-state index in [1.54, 1.807) is 7.11 Å². The summed E-state index contributed by atoms with van der Waals surface area (Å²) in [6, 6.07) is 17.7. The van der Waals surface area contributed by atoms with Gasteiger partial charge < -0.3 is 14.5 Å². The number of methoxy groups -OCH3 is 1. The molecule has 0 saturated carbocycles. The van der Waals surface area contributed by atoms with E-state index in [4.69, 9.17) is 4.74 Å². The predicted molar refractivity (Wildman–Crippen MR) is 134 cm³/mol. The van der Waals surface area contributed by atoms with Crippen LogP contribution in [0.2, 0.25) is 0 Å². The molecule has 0 amide bonds. The van der Waals surface area contributed by atoms with Crippen LogP contribution in [0.3, 0.4) is 0 Å². The Morgan fingerprint density at radius 3 is 2.10 bits per heavy atom. The second kappa shape index (κ2) is 8.35. The zero-order chi connectivity index (χ0) is 20.9. The van der Waals surface area contributed by atoms with Gasteiger partial charge in [0.1, 0.15) is 5.75 Å². The summed E-state index contributed by atoms with van der Waals surface area (Å²) in [5.41, 5.74) is 11.5. The second-order valence-electron chi connectivity index (χ2n) is 8.31. The number of rotatable bonds is 3. The van der Waals surface area contributed by atoms with Crippen molar-refractivity contribution in [3.05, 3.63) is 81.9 Å². The van der Waals surface area contributed by atoms with Gasteiger partial charge in [0.05, 0.1) is 12.8 Å². The summed E-state index contributed by atoms with van der Waals surface area (Å²) in [7, 11) is 8.08. The first-order valence-electron chi connectivity index (χ1n) is 10.1. The van der Waals surface area contributed by atoms with Crippen LogP contribution in [0.25, 0.3) is 0 Å². The molecule has 0 N–H and O–H groups in total. The fourth-order valence-corrected chi connectivity index (χ4v) is 4.98. The highest BCUT2D eigenvalue weighted by Crippen LogP contribution is 2.54. The van der Waals surface area contributed by atoms with Gasteiger partial charge in [-0.15, -0.1) is 17.0 Å². The number of ether oxygens (including phenoxy) is 1. The topological polar surface area (TPSA) is 15.7 Å². The lowest BCUT2D eigenvalue weighted by Crippen LogP contribution is -2.25. The molecule has 1 aliphatic rings. The Hall–Kier alpha value is -2.46. The zero-order valence-corrected chi connectivity index (χ0v) is 20.6. The molecular weight excluding hydrogens is 436 g/mol. The monoisotopic (exact) mass is 466 g/mol. The van der Waals surface area contributed by atoms with Gasteiger partial charge in [0.25, 0.3) is 0 Å². The van der Waals surface area contributed by atoms with Crippen molar-refractivity contribution in [3.63, 3.8) is 0 Å². The largest absolute Gasteiger partial charge is 0.494 e. The molecule has 3 aromatic carbocycles. The molecule has 0 radical (unpaired) electrons. The summed E-state index contributed by atoms with van der Waals surface area (Å²) in [4.78, 5) is 4.42. The molecule has 0 saturated heterocycles. The Morgan fingerprint density at radius 1 is 0.867 bits per heavy atom. The van der Waals surface area contributed by atoms with Gasteiger partial charge >= 0.3 is 0 Å². The molecular formula is C26H31BrN2O. The van der Waals surface area contributed by atoms with Crippen LogP contribution < -0.4 is 14.5 Å². The molecule has 0 fully saturated rings. The summed E-state index contributed by atoms with van der Waals surface area (Å²) in [6.45, 7) is 6.64. The van der Waals surface area contributed by atoms with E-state index < -0.39 is 0 Å². The first-order chi connectivity index (χ1) is 13.8. The number of fused-ring (bicyclic) bond motifs is 2.